The van der Waals surface area contributed by atoms with Crippen LogP contribution >= 0.6 is 27.7 Å². The Balaban J connectivity index is 1.75. The number of halogens is 1. The molecule has 0 saturated carbocycles. The molecule has 1 atom stereocenters. The molecule has 0 spiro atoms. The molecule has 1 aliphatic heterocycles. The molecule has 0 unspecified atom stereocenters. The number of aryl methyl sites for hydroxylation is 2. The number of ether oxygens (including phenoxy) is 2. The number of methoxy groups -OCH3 is 1. The SMILES string of the molecule is COC(=O)C1=C(CSc2nc3c(cc2C#N)CCCCC3)OC(N)=C(C#N)[C@@H]1c1cccc(Br)c1. The zero-order valence-electron chi connectivity index (χ0n) is 19.1. The molecule has 9 heteroatoms. The molecule has 0 radical (unpaired) electrons. The minimum Gasteiger partial charge on any atom is -0.466 e. The highest BCUT2D eigenvalue weighted by Crippen LogP contribution is 2.41. The van der Waals surface area contributed by atoms with Gasteiger partial charge in [0.25, 0.3) is 0 Å². The van der Waals surface area contributed by atoms with Crippen molar-refractivity contribution in [3.05, 3.63) is 80.0 Å². The maximum atomic E-state index is 13.0. The number of benzene rings is 1. The zero-order chi connectivity index (χ0) is 24.9. The molecule has 35 heavy (non-hydrogen) atoms. The van der Waals surface area contributed by atoms with E-state index in [4.69, 9.17) is 20.2 Å². The molecule has 0 fully saturated rings. The Morgan fingerprint density at radius 2 is 2.06 bits per heavy atom. The van der Waals surface area contributed by atoms with Gasteiger partial charge in [-0.15, -0.1) is 0 Å². The largest absolute Gasteiger partial charge is 0.466 e. The number of fused-ring (bicyclic) bond motifs is 1. The van der Waals surface area contributed by atoms with Crippen molar-refractivity contribution in [3.63, 3.8) is 0 Å². The summed E-state index contributed by atoms with van der Waals surface area (Å²) in [5.41, 5.74) is 9.84. The molecule has 0 saturated heterocycles. The number of rotatable bonds is 5. The lowest BCUT2D eigenvalue weighted by atomic mass is 9.83. The number of hydrogen-bond donors (Lipinski definition) is 1. The highest BCUT2D eigenvalue weighted by atomic mass is 79.9. The molecule has 1 aliphatic carbocycles. The average molecular weight is 551 g/mol. The number of carbonyl (C=O) groups is 1. The van der Waals surface area contributed by atoms with E-state index in [9.17, 15) is 15.3 Å². The highest BCUT2D eigenvalue weighted by Gasteiger charge is 2.37. The molecule has 7 nitrogen and oxygen atoms in total. The average Bonchev–Trinajstić information content (AvgIpc) is 3.10. The molecule has 1 aromatic heterocycles. The third kappa shape index (κ3) is 5.22. The van der Waals surface area contributed by atoms with Gasteiger partial charge in [-0.1, -0.05) is 46.2 Å². The quantitative estimate of drug-likeness (QED) is 0.313. The number of nitriles is 2. The first-order valence-electron chi connectivity index (χ1n) is 11.2. The molecule has 178 valence electrons. The predicted molar refractivity (Wildman–Crippen MR) is 135 cm³/mol. The summed E-state index contributed by atoms with van der Waals surface area (Å²) >= 11 is 4.76. The molecule has 0 amide bonds. The Bertz CT molecular complexity index is 1320. The fourth-order valence-corrected chi connectivity index (χ4v) is 5.73. The van der Waals surface area contributed by atoms with Crippen LogP contribution in [0.2, 0.25) is 0 Å². The van der Waals surface area contributed by atoms with Crippen LogP contribution in [-0.4, -0.2) is 23.8 Å². The van der Waals surface area contributed by atoms with Crippen LogP contribution < -0.4 is 5.73 Å². The van der Waals surface area contributed by atoms with Gasteiger partial charge in [0.1, 0.15) is 28.5 Å². The van der Waals surface area contributed by atoms with Crippen molar-refractivity contribution in [2.45, 2.75) is 43.0 Å². The van der Waals surface area contributed by atoms with Crippen LogP contribution in [0.3, 0.4) is 0 Å². The summed E-state index contributed by atoms with van der Waals surface area (Å²) < 4.78 is 11.7. The van der Waals surface area contributed by atoms with Gasteiger partial charge in [-0.25, -0.2) is 9.78 Å². The summed E-state index contributed by atoms with van der Waals surface area (Å²) in [5, 5.41) is 20.2. The maximum Gasteiger partial charge on any atom is 0.338 e. The van der Waals surface area contributed by atoms with Crippen molar-refractivity contribution in [1.29, 1.82) is 10.5 Å². The van der Waals surface area contributed by atoms with Crippen molar-refractivity contribution < 1.29 is 14.3 Å². The van der Waals surface area contributed by atoms with Gasteiger partial charge >= 0.3 is 5.97 Å². The fourth-order valence-electron chi connectivity index (χ4n) is 4.39. The minimum absolute atomic E-state index is 0.0591. The number of hydrogen-bond acceptors (Lipinski definition) is 8. The first-order valence-corrected chi connectivity index (χ1v) is 12.9. The number of nitrogens with zero attached hydrogens (tertiary/aromatic N) is 3. The van der Waals surface area contributed by atoms with E-state index in [1.807, 2.05) is 30.3 Å². The third-order valence-corrected chi connectivity index (χ3v) is 7.54. The molecule has 2 aromatic rings. The highest BCUT2D eigenvalue weighted by molar-refractivity contribution is 9.10. The van der Waals surface area contributed by atoms with Crippen LogP contribution in [0.5, 0.6) is 0 Å². The molecule has 0 bridgehead atoms. The number of pyridine rings is 1. The van der Waals surface area contributed by atoms with Crippen molar-refractivity contribution in [2.75, 3.05) is 12.9 Å². The van der Waals surface area contributed by atoms with Crippen LogP contribution in [-0.2, 0) is 27.1 Å². The van der Waals surface area contributed by atoms with E-state index in [0.29, 0.717) is 16.2 Å². The molecule has 2 N–H and O–H groups in total. The van der Waals surface area contributed by atoms with Gasteiger partial charge in [0, 0.05) is 10.2 Å². The summed E-state index contributed by atoms with van der Waals surface area (Å²) in [5.74, 6) is -0.944. The Morgan fingerprint density at radius 3 is 2.77 bits per heavy atom. The van der Waals surface area contributed by atoms with Crippen LogP contribution in [0.15, 0.2) is 62.6 Å². The summed E-state index contributed by atoms with van der Waals surface area (Å²) in [4.78, 5) is 17.8. The fraction of sp³-hybridized carbons (Fsp3) is 0.308. The second-order valence-corrected chi connectivity index (χ2v) is 10.1. The van der Waals surface area contributed by atoms with Crippen molar-refractivity contribution in [2.24, 2.45) is 5.73 Å². The lowest BCUT2D eigenvalue weighted by Gasteiger charge is -2.28. The van der Waals surface area contributed by atoms with Crippen LogP contribution in [0.1, 0.15) is 47.6 Å². The van der Waals surface area contributed by atoms with Crippen molar-refractivity contribution >= 4 is 33.7 Å². The van der Waals surface area contributed by atoms with Gasteiger partial charge in [-0.3, -0.25) is 0 Å². The first kappa shape index (κ1) is 24.8. The van der Waals surface area contributed by atoms with E-state index >= 15 is 0 Å². The van der Waals surface area contributed by atoms with Crippen molar-refractivity contribution in [1.82, 2.24) is 4.98 Å². The lowest BCUT2D eigenvalue weighted by molar-refractivity contribution is -0.136. The van der Waals surface area contributed by atoms with Gasteiger partial charge in [0.05, 0.1) is 29.9 Å². The first-order chi connectivity index (χ1) is 17.0. The van der Waals surface area contributed by atoms with E-state index < -0.39 is 11.9 Å². The number of carbonyl (C=O) groups excluding carboxylic acids is 1. The maximum absolute atomic E-state index is 13.0. The van der Waals surface area contributed by atoms with E-state index in [0.717, 1.165) is 47.8 Å². The van der Waals surface area contributed by atoms with E-state index in [1.165, 1.54) is 18.9 Å². The number of allylic oxidation sites excluding steroid dienone is 1. The molecule has 2 heterocycles. The normalized spacial score (nSPS) is 17.5. The molecule has 2 aliphatic rings. The number of aromatic nitrogens is 1. The van der Waals surface area contributed by atoms with E-state index in [1.54, 1.807) is 0 Å². The number of esters is 1. The van der Waals surface area contributed by atoms with E-state index in [2.05, 4.69) is 28.1 Å². The van der Waals surface area contributed by atoms with Crippen LogP contribution in [0.25, 0.3) is 0 Å². The van der Waals surface area contributed by atoms with Crippen LogP contribution in [0.4, 0.5) is 0 Å². The van der Waals surface area contributed by atoms with Gasteiger partial charge in [0.15, 0.2) is 0 Å². The van der Waals surface area contributed by atoms with Crippen molar-refractivity contribution in [3.8, 4) is 12.1 Å². The summed E-state index contributed by atoms with van der Waals surface area (Å²) in [6, 6.07) is 13.6. The van der Waals surface area contributed by atoms with Gasteiger partial charge in [-0.2, -0.15) is 10.5 Å². The summed E-state index contributed by atoms with van der Waals surface area (Å²) in [6.07, 6.45) is 5.12. The second kappa shape index (κ2) is 11.0. The van der Waals surface area contributed by atoms with Gasteiger partial charge < -0.3 is 15.2 Å². The summed E-state index contributed by atoms with van der Waals surface area (Å²) in [6.45, 7) is 0. The molecular weight excluding hydrogens is 528 g/mol. The second-order valence-electron chi connectivity index (χ2n) is 8.22. The predicted octanol–water partition coefficient (Wildman–Crippen LogP) is 5.01. The third-order valence-electron chi connectivity index (χ3n) is 6.06. The number of thioether (sulfide) groups is 1. The zero-order valence-corrected chi connectivity index (χ0v) is 21.5. The Labute approximate surface area is 216 Å². The Hall–Kier alpha value is -3.27. The lowest BCUT2D eigenvalue weighted by Crippen LogP contribution is -2.26. The van der Waals surface area contributed by atoms with Crippen LogP contribution in [0, 0.1) is 22.7 Å². The number of nitrogens with two attached hydrogens (primary N) is 1. The monoisotopic (exact) mass is 550 g/mol. The standard InChI is InChI=1S/C26H23BrN4O3S/c1-33-26(32)23-21(34-24(30)19(13-29)22(23)16-7-5-8-18(27)11-16)14-35-25-17(12-28)10-15-6-3-2-4-9-20(15)31-25/h5,7-8,10-11,22H,2-4,6,9,14,30H2,1H3/t22-/m0/s1. The molecule has 4 rings (SSSR count). The van der Waals surface area contributed by atoms with E-state index in [-0.39, 0.29) is 28.5 Å². The van der Waals surface area contributed by atoms with Gasteiger partial charge in [-0.05, 0) is 55.0 Å². The Kier molecular flexibility index (Phi) is 7.80. The van der Waals surface area contributed by atoms with Gasteiger partial charge in [0.2, 0.25) is 5.88 Å². The topological polar surface area (TPSA) is 122 Å². The minimum atomic E-state index is -0.746. The smallest absolute Gasteiger partial charge is 0.338 e. The Morgan fingerprint density at radius 1 is 1.26 bits per heavy atom. The molecule has 1 aromatic carbocycles. The summed E-state index contributed by atoms with van der Waals surface area (Å²) in [7, 11) is 1.29. The molecular formula is C26H23BrN4O3S.